The lowest BCUT2D eigenvalue weighted by molar-refractivity contribution is 0.560. The summed E-state index contributed by atoms with van der Waals surface area (Å²) in [6.45, 7) is 6.59. The molecule has 0 aliphatic heterocycles. The van der Waals surface area contributed by atoms with E-state index in [1.807, 2.05) is 24.3 Å². The number of nitrogens with zero attached hydrogens (tertiary/aromatic N) is 1. The molecule has 0 aliphatic carbocycles. The van der Waals surface area contributed by atoms with E-state index in [0.29, 0.717) is 17.0 Å². The third kappa shape index (κ3) is 2.52. The van der Waals surface area contributed by atoms with Crippen molar-refractivity contribution in [1.29, 1.82) is 0 Å². The Kier molecular flexibility index (Phi) is 3.53. The lowest BCUT2D eigenvalue weighted by Gasteiger charge is -2.20. The van der Waals surface area contributed by atoms with E-state index >= 15 is 0 Å². The fourth-order valence-corrected chi connectivity index (χ4v) is 1.89. The topological polar surface area (TPSA) is 24.9 Å². The van der Waals surface area contributed by atoms with E-state index in [4.69, 9.17) is 11.6 Å². The average molecular weight is 249 g/mol. The van der Waals surface area contributed by atoms with Crippen LogP contribution < -0.4 is 5.32 Å². The quantitative estimate of drug-likeness (QED) is 0.874. The van der Waals surface area contributed by atoms with Crippen LogP contribution in [0.15, 0.2) is 30.5 Å². The van der Waals surface area contributed by atoms with Gasteiger partial charge in [-0.2, -0.15) is 0 Å². The van der Waals surface area contributed by atoms with E-state index in [2.05, 4.69) is 31.1 Å². The average Bonchev–Trinajstić information content (AvgIpc) is 2.33. The minimum absolute atomic E-state index is 0.416. The first kappa shape index (κ1) is 12.2. The zero-order chi connectivity index (χ0) is 12.4. The SMILES string of the molecule is CC(C)C(C)Nc1ccc(Cl)c2ncccc12. The molecular weight excluding hydrogens is 232 g/mol. The molecule has 2 nitrogen and oxygen atoms in total. The first-order valence-corrected chi connectivity index (χ1v) is 6.27. The van der Waals surface area contributed by atoms with Crippen molar-refractivity contribution in [2.45, 2.75) is 26.8 Å². The first-order chi connectivity index (χ1) is 8.09. The molecule has 17 heavy (non-hydrogen) atoms. The Morgan fingerprint density at radius 3 is 2.65 bits per heavy atom. The lowest BCUT2D eigenvalue weighted by atomic mass is 10.1. The largest absolute Gasteiger partial charge is 0.382 e. The molecule has 0 radical (unpaired) electrons. The van der Waals surface area contributed by atoms with Crippen molar-refractivity contribution in [3.05, 3.63) is 35.5 Å². The smallest absolute Gasteiger partial charge is 0.0908 e. The van der Waals surface area contributed by atoms with E-state index in [9.17, 15) is 0 Å². The summed E-state index contributed by atoms with van der Waals surface area (Å²) in [5, 5.41) is 5.29. The number of aromatic nitrogens is 1. The molecule has 0 fully saturated rings. The highest BCUT2D eigenvalue weighted by atomic mass is 35.5. The zero-order valence-electron chi connectivity index (χ0n) is 10.4. The monoisotopic (exact) mass is 248 g/mol. The highest BCUT2D eigenvalue weighted by Gasteiger charge is 2.10. The van der Waals surface area contributed by atoms with E-state index in [0.717, 1.165) is 16.6 Å². The highest BCUT2D eigenvalue weighted by molar-refractivity contribution is 6.35. The predicted octanol–water partition coefficient (Wildman–Crippen LogP) is 4.34. The maximum absolute atomic E-state index is 6.14. The third-order valence-corrected chi connectivity index (χ3v) is 3.41. The number of hydrogen-bond donors (Lipinski definition) is 1. The number of hydrogen-bond acceptors (Lipinski definition) is 2. The summed E-state index contributed by atoms with van der Waals surface area (Å²) >= 11 is 6.14. The first-order valence-electron chi connectivity index (χ1n) is 5.89. The molecular formula is C14H17ClN2. The summed E-state index contributed by atoms with van der Waals surface area (Å²) in [7, 11) is 0. The van der Waals surface area contributed by atoms with Crippen LogP contribution >= 0.6 is 11.6 Å². The Balaban J connectivity index is 2.45. The number of anilines is 1. The second kappa shape index (κ2) is 4.92. The molecule has 0 amide bonds. The van der Waals surface area contributed by atoms with Gasteiger partial charge in [-0.3, -0.25) is 4.98 Å². The second-order valence-corrected chi connectivity index (χ2v) is 5.08. The second-order valence-electron chi connectivity index (χ2n) is 4.67. The molecule has 1 atom stereocenters. The Labute approximate surface area is 107 Å². The van der Waals surface area contributed by atoms with E-state index in [1.165, 1.54) is 0 Å². The van der Waals surface area contributed by atoms with Crippen LogP contribution in [0.4, 0.5) is 5.69 Å². The summed E-state index contributed by atoms with van der Waals surface area (Å²) in [6.07, 6.45) is 1.77. The van der Waals surface area contributed by atoms with Crippen LogP contribution in [0.5, 0.6) is 0 Å². The maximum atomic E-state index is 6.14. The van der Waals surface area contributed by atoms with Gasteiger partial charge in [0.1, 0.15) is 0 Å². The van der Waals surface area contributed by atoms with Gasteiger partial charge in [-0.25, -0.2) is 0 Å². The third-order valence-electron chi connectivity index (χ3n) is 3.10. The van der Waals surface area contributed by atoms with Gasteiger partial charge < -0.3 is 5.32 Å². The van der Waals surface area contributed by atoms with Gasteiger partial charge in [0.05, 0.1) is 10.5 Å². The highest BCUT2D eigenvalue weighted by Crippen LogP contribution is 2.28. The summed E-state index contributed by atoms with van der Waals surface area (Å²) < 4.78 is 0. The van der Waals surface area contributed by atoms with Crippen LogP contribution in [0.25, 0.3) is 10.9 Å². The van der Waals surface area contributed by atoms with Crippen molar-refractivity contribution in [1.82, 2.24) is 4.98 Å². The van der Waals surface area contributed by atoms with Crippen molar-refractivity contribution in [3.63, 3.8) is 0 Å². The fraction of sp³-hybridized carbons (Fsp3) is 0.357. The molecule has 0 spiro atoms. The molecule has 90 valence electrons. The number of fused-ring (bicyclic) bond motifs is 1. The summed E-state index contributed by atoms with van der Waals surface area (Å²) in [5.41, 5.74) is 1.95. The molecule has 3 heteroatoms. The number of benzene rings is 1. The Hall–Kier alpha value is -1.28. The van der Waals surface area contributed by atoms with Crippen molar-refractivity contribution in [3.8, 4) is 0 Å². The van der Waals surface area contributed by atoms with Crippen LogP contribution in [0.2, 0.25) is 5.02 Å². The predicted molar refractivity (Wildman–Crippen MR) is 74.7 cm³/mol. The van der Waals surface area contributed by atoms with Crippen LogP contribution in [0.1, 0.15) is 20.8 Å². The van der Waals surface area contributed by atoms with Crippen molar-refractivity contribution in [2.75, 3.05) is 5.32 Å². The molecule has 0 aliphatic rings. The molecule has 0 bridgehead atoms. The molecule has 2 aromatic rings. The number of rotatable bonds is 3. The Morgan fingerprint density at radius 2 is 1.94 bits per heavy atom. The number of halogens is 1. The molecule has 0 saturated carbocycles. The van der Waals surface area contributed by atoms with Crippen molar-refractivity contribution >= 4 is 28.2 Å². The molecule has 1 unspecified atom stereocenters. The normalized spacial score (nSPS) is 13.0. The molecule has 1 heterocycles. The molecule has 0 saturated heterocycles. The van der Waals surface area contributed by atoms with Crippen LogP contribution in [0.3, 0.4) is 0 Å². The lowest BCUT2D eigenvalue weighted by Crippen LogP contribution is -2.21. The summed E-state index contributed by atoms with van der Waals surface area (Å²) in [5.74, 6) is 0.581. The van der Waals surface area contributed by atoms with Gasteiger partial charge in [0, 0.05) is 23.3 Å². The molecule has 1 aromatic heterocycles. The van der Waals surface area contributed by atoms with E-state index in [1.54, 1.807) is 6.20 Å². The van der Waals surface area contributed by atoms with Gasteiger partial charge in [0.15, 0.2) is 0 Å². The Bertz CT molecular complexity index is 523. The van der Waals surface area contributed by atoms with Crippen LogP contribution in [-0.2, 0) is 0 Å². The van der Waals surface area contributed by atoms with Gasteiger partial charge >= 0.3 is 0 Å². The minimum Gasteiger partial charge on any atom is -0.382 e. The van der Waals surface area contributed by atoms with Crippen molar-refractivity contribution < 1.29 is 0 Å². The van der Waals surface area contributed by atoms with Crippen molar-refractivity contribution in [2.24, 2.45) is 5.92 Å². The van der Waals surface area contributed by atoms with Gasteiger partial charge in [-0.15, -0.1) is 0 Å². The standard InChI is InChI=1S/C14H17ClN2/c1-9(2)10(3)17-13-7-6-12(15)14-11(13)5-4-8-16-14/h4-10,17H,1-3H3. The maximum Gasteiger partial charge on any atom is 0.0908 e. The van der Waals surface area contributed by atoms with E-state index < -0.39 is 0 Å². The Morgan fingerprint density at radius 1 is 1.18 bits per heavy atom. The van der Waals surface area contributed by atoms with Gasteiger partial charge in [-0.05, 0) is 37.1 Å². The van der Waals surface area contributed by atoms with Gasteiger partial charge in [0.2, 0.25) is 0 Å². The molecule has 2 rings (SSSR count). The summed E-state index contributed by atoms with van der Waals surface area (Å²) in [6, 6.07) is 8.31. The number of nitrogens with one attached hydrogen (secondary N) is 1. The fourth-order valence-electron chi connectivity index (χ4n) is 1.68. The van der Waals surface area contributed by atoms with E-state index in [-0.39, 0.29) is 0 Å². The minimum atomic E-state index is 0.416. The van der Waals surface area contributed by atoms with Gasteiger partial charge in [0.25, 0.3) is 0 Å². The van der Waals surface area contributed by atoms with Crippen LogP contribution in [-0.4, -0.2) is 11.0 Å². The summed E-state index contributed by atoms with van der Waals surface area (Å²) in [4.78, 5) is 4.32. The molecule has 1 aromatic carbocycles. The van der Waals surface area contributed by atoms with Gasteiger partial charge in [-0.1, -0.05) is 25.4 Å². The molecule has 1 N–H and O–H groups in total. The number of pyridine rings is 1. The zero-order valence-corrected chi connectivity index (χ0v) is 11.1. The van der Waals surface area contributed by atoms with Crippen LogP contribution in [0, 0.1) is 5.92 Å².